The van der Waals surface area contributed by atoms with E-state index in [1.807, 2.05) is 24.3 Å². The molecule has 1 heterocycles. The lowest BCUT2D eigenvalue weighted by Crippen LogP contribution is -2.27. The summed E-state index contributed by atoms with van der Waals surface area (Å²) in [6.45, 7) is 0.533. The Kier molecular flexibility index (Phi) is 3.85. The second-order valence-electron chi connectivity index (χ2n) is 5.20. The van der Waals surface area contributed by atoms with Crippen LogP contribution in [0.2, 0.25) is 0 Å². The van der Waals surface area contributed by atoms with Crippen molar-refractivity contribution in [2.24, 2.45) is 5.92 Å². The number of hydrogen-bond acceptors (Lipinski definition) is 4. The van der Waals surface area contributed by atoms with Crippen LogP contribution in [-0.2, 0) is 19.1 Å². The van der Waals surface area contributed by atoms with Gasteiger partial charge in [0.15, 0.2) is 5.76 Å². The summed E-state index contributed by atoms with van der Waals surface area (Å²) in [5, 5.41) is 0. The van der Waals surface area contributed by atoms with Crippen LogP contribution in [0.3, 0.4) is 0 Å². The average Bonchev–Trinajstić information content (AvgIpc) is 2.81. The van der Waals surface area contributed by atoms with Crippen molar-refractivity contribution in [3.63, 3.8) is 0 Å². The first-order chi connectivity index (χ1) is 10.1. The second-order valence-corrected chi connectivity index (χ2v) is 6.12. The van der Waals surface area contributed by atoms with E-state index < -0.39 is 11.9 Å². The van der Waals surface area contributed by atoms with Crippen molar-refractivity contribution in [1.29, 1.82) is 0 Å². The smallest absolute Gasteiger partial charge is 0.317 e. The molecule has 0 bridgehead atoms. The lowest BCUT2D eigenvalue weighted by atomic mass is 9.83. The van der Waals surface area contributed by atoms with Gasteiger partial charge in [0.05, 0.1) is 13.7 Å². The number of benzene rings is 1. The number of rotatable bonds is 2. The first-order valence-corrected chi connectivity index (χ1v) is 7.66. The van der Waals surface area contributed by atoms with Crippen molar-refractivity contribution in [3.05, 3.63) is 45.6 Å². The molecular weight excluding hydrogens is 336 g/mol. The highest BCUT2D eigenvalue weighted by Crippen LogP contribution is 2.46. The van der Waals surface area contributed by atoms with E-state index in [4.69, 9.17) is 9.47 Å². The molecule has 0 aromatic heterocycles. The van der Waals surface area contributed by atoms with Crippen molar-refractivity contribution in [2.45, 2.75) is 18.8 Å². The molecule has 1 aromatic carbocycles. The molecule has 0 spiro atoms. The summed E-state index contributed by atoms with van der Waals surface area (Å²) in [6.07, 6.45) is 1.66. The maximum atomic E-state index is 12.5. The Morgan fingerprint density at radius 3 is 2.71 bits per heavy atom. The third kappa shape index (κ3) is 2.39. The van der Waals surface area contributed by atoms with Crippen molar-refractivity contribution in [1.82, 2.24) is 0 Å². The molecule has 0 saturated carbocycles. The van der Waals surface area contributed by atoms with E-state index in [1.165, 1.54) is 7.11 Å². The molecule has 0 fully saturated rings. The fourth-order valence-corrected chi connectivity index (χ4v) is 3.36. The average molecular weight is 351 g/mol. The maximum Gasteiger partial charge on any atom is 0.317 e. The van der Waals surface area contributed by atoms with Crippen LogP contribution in [0, 0.1) is 5.92 Å². The van der Waals surface area contributed by atoms with Crippen molar-refractivity contribution >= 4 is 27.7 Å². The van der Waals surface area contributed by atoms with E-state index in [0.29, 0.717) is 12.4 Å². The fraction of sp³-hybridized carbons (Fsp3) is 0.375. The number of halogens is 1. The van der Waals surface area contributed by atoms with Crippen LogP contribution in [0.5, 0.6) is 0 Å². The van der Waals surface area contributed by atoms with E-state index in [9.17, 15) is 9.59 Å². The Labute approximate surface area is 131 Å². The summed E-state index contributed by atoms with van der Waals surface area (Å²) >= 11 is 3.40. The van der Waals surface area contributed by atoms with Gasteiger partial charge in [-0.15, -0.1) is 0 Å². The molecule has 1 aromatic rings. The molecule has 0 N–H and O–H groups in total. The Bertz CT molecular complexity index is 618. The minimum Gasteiger partial charge on any atom is -0.490 e. The van der Waals surface area contributed by atoms with Crippen LogP contribution in [0.4, 0.5) is 0 Å². The zero-order valence-corrected chi connectivity index (χ0v) is 13.2. The van der Waals surface area contributed by atoms with Gasteiger partial charge in [0.25, 0.3) is 0 Å². The third-order valence-corrected chi connectivity index (χ3v) is 4.56. The molecule has 110 valence electrons. The first kappa shape index (κ1) is 14.3. The van der Waals surface area contributed by atoms with Crippen LogP contribution in [0.15, 0.2) is 40.1 Å². The molecule has 1 aliphatic carbocycles. The summed E-state index contributed by atoms with van der Waals surface area (Å²) < 4.78 is 11.3. The van der Waals surface area contributed by atoms with Crippen molar-refractivity contribution in [2.75, 3.05) is 13.7 Å². The van der Waals surface area contributed by atoms with Crippen LogP contribution in [0.1, 0.15) is 24.3 Å². The Balaban J connectivity index is 2.07. The normalized spacial score (nSPS) is 24.6. The number of ether oxygens (including phenoxy) is 2. The number of ketones is 1. The van der Waals surface area contributed by atoms with Gasteiger partial charge in [0, 0.05) is 10.4 Å². The lowest BCUT2D eigenvalue weighted by Gasteiger charge is -2.21. The molecule has 2 aliphatic rings. The Hall–Kier alpha value is -1.62. The van der Waals surface area contributed by atoms with E-state index in [1.54, 1.807) is 0 Å². The van der Waals surface area contributed by atoms with Gasteiger partial charge < -0.3 is 9.47 Å². The largest absolute Gasteiger partial charge is 0.490 e. The highest BCUT2D eigenvalue weighted by atomic mass is 79.9. The number of carbonyl (C=O) groups excluding carboxylic acids is 2. The summed E-state index contributed by atoms with van der Waals surface area (Å²) in [5.74, 6) is -1.45. The third-order valence-electron chi connectivity index (χ3n) is 4.03. The van der Waals surface area contributed by atoms with E-state index in [-0.39, 0.29) is 11.7 Å². The van der Waals surface area contributed by atoms with E-state index in [2.05, 4.69) is 15.9 Å². The molecule has 21 heavy (non-hydrogen) atoms. The zero-order valence-electron chi connectivity index (χ0n) is 11.6. The second kappa shape index (κ2) is 5.64. The molecule has 5 heteroatoms. The molecular formula is C16H15BrO4. The van der Waals surface area contributed by atoms with Crippen LogP contribution >= 0.6 is 15.9 Å². The Morgan fingerprint density at radius 2 is 2.05 bits per heavy atom. The topological polar surface area (TPSA) is 52.6 Å². The van der Waals surface area contributed by atoms with Gasteiger partial charge in [-0.05, 0) is 36.1 Å². The van der Waals surface area contributed by atoms with Crippen LogP contribution in [0.25, 0.3) is 0 Å². The van der Waals surface area contributed by atoms with E-state index in [0.717, 1.165) is 28.5 Å². The van der Waals surface area contributed by atoms with Crippen LogP contribution < -0.4 is 0 Å². The summed E-state index contributed by atoms with van der Waals surface area (Å²) in [6, 6.07) is 7.69. The Morgan fingerprint density at radius 1 is 1.33 bits per heavy atom. The predicted octanol–water partition coefficient (Wildman–Crippen LogP) is 2.97. The molecule has 2 atom stereocenters. The summed E-state index contributed by atoms with van der Waals surface area (Å²) in [5.41, 5.74) is 1.88. The maximum absolute atomic E-state index is 12.5. The minimum atomic E-state index is -0.820. The quantitative estimate of drug-likeness (QED) is 0.607. The monoisotopic (exact) mass is 350 g/mol. The summed E-state index contributed by atoms with van der Waals surface area (Å²) in [7, 11) is 1.31. The van der Waals surface area contributed by atoms with Crippen molar-refractivity contribution < 1.29 is 19.1 Å². The predicted molar refractivity (Wildman–Crippen MR) is 79.6 cm³/mol. The van der Waals surface area contributed by atoms with Crippen LogP contribution in [-0.4, -0.2) is 25.5 Å². The van der Waals surface area contributed by atoms with Gasteiger partial charge in [0.1, 0.15) is 5.92 Å². The fourth-order valence-electron chi connectivity index (χ4n) is 3.10. The number of hydrogen-bond donors (Lipinski definition) is 0. The number of methoxy groups -OCH3 is 1. The molecule has 0 saturated heterocycles. The highest BCUT2D eigenvalue weighted by Gasteiger charge is 2.49. The zero-order chi connectivity index (χ0) is 15.0. The van der Waals surface area contributed by atoms with Gasteiger partial charge in [-0.25, -0.2) is 0 Å². The number of Topliss-reactive ketones (excluding diaryl/α,β-unsaturated/α-hetero) is 1. The lowest BCUT2D eigenvalue weighted by molar-refractivity contribution is -0.149. The van der Waals surface area contributed by atoms with Gasteiger partial charge in [-0.3, -0.25) is 9.59 Å². The van der Waals surface area contributed by atoms with Gasteiger partial charge >= 0.3 is 5.97 Å². The molecule has 4 nitrogen and oxygen atoms in total. The molecule has 0 radical (unpaired) electrons. The SMILES string of the molecule is COC(=O)[C@H]1C(=O)C2=C(CCCO2)[C@@H]1c1ccc(Br)cc1. The van der Waals surface area contributed by atoms with Gasteiger partial charge in [0.2, 0.25) is 5.78 Å². The molecule has 3 rings (SSSR count). The highest BCUT2D eigenvalue weighted by molar-refractivity contribution is 9.10. The van der Waals surface area contributed by atoms with Crippen molar-refractivity contribution in [3.8, 4) is 0 Å². The van der Waals surface area contributed by atoms with Gasteiger partial charge in [-0.2, -0.15) is 0 Å². The summed E-state index contributed by atoms with van der Waals surface area (Å²) in [4.78, 5) is 24.6. The minimum absolute atomic E-state index is 0.246. The number of allylic oxidation sites excluding steroid dienone is 2. The van der Waals surface area contributed by atoms with E-state index >= 15 is 0 Å². The molecule has 0 unspecified atom stereocenters. The molecule has 1 aliphatic heterocycles. The molecule has 0 amide bonds. The number of esters is 1. The standard InChI is InChI=1S/C16H15BrO4/c1-20-16(19)13-12(9-4-6-10(17)7-5-9)11-3-2-8-21-15(11)14(13)18/h4-7,12-13H,2-3,8H2,1H3/t12-,13+/m0/s1. The van der Waals surface area contributed by atoms with Gasteiger partial charge in [-0.1, -0.05) is 28.1 Å². The first-order valence-electron chi connectivity index (χ1n) is 6.87. The number of carbonyl (C=O) groups is 2.